The van der Waals surface area contributed by atoms with E-state index in [2.05, 4.69) is 5.16 Å². The van der Waals surface area contributed by atoms with Gasteiger partial charge in [0.25, 0.3) is 0 Å². The van der Waals surface area contributed by atoms with Gasteiger partial charge >= 0.3 is 5.97 Å². The number of esters is 1. The van der Waals surface area contributed by atoms with Crippen LogP contribution in [0, 0.1) is 0 Å². The fourth-order valence-corrected chi connectivity index (χ4v) is 1.54. The fourth-order valence-electron chi connectivity index (χ4n) is 1.54. The average molecular weight is 199 g/mol. The average Bonchev–Trinajstić information content (AvgIpc) is 2.16. The topological polar surface area (TPSA) is 58.9 Å². The molecule has 1 fully saturated rings. The molecule has 1 aliphatic rings. The number of hydrogen-bond donors (Lipinski definition) is 1. The summed E-state index contributed by atoms with van der Waals surface area (Å²) in [5, 5.41) is 11.9. The highest BCUT2D eigenvalue weighted by Gasteiger charge is 2.13. The van der Waals surface area contributed by atoms with Gasteiger partial charge in [-0.25, -0.2) is 0 Å². The second-order valence-electron chi connectivity index (χ2n) is 3.71. The lowest BCUT2D eigenvalue weighted by atomic mass is 10.0. The van der Waals surface area contributed by atoms with E-state index in [9.17, 15) is 4.79 Å². The minimum Gasteiger partial charge on any atom is -0.463 e. The third kappa shape index (κ3) is 3.77. The van der Waals surface area contributed by atoms with Gasteiger partial charge in [-0.3, -0.25) is 4.79 Å². The van der Waals surface area contributed by atoms with E-state index in [1.165, 1.54) is 0 Å². The van der Waals surface area contributed by atoms with E-state index in [0.717, 1.165) is 31.4 Å². The minimum absolute atomic E-state index is 0.0719. The molecule has 0 bridgehead atoms. The van der Waals surface area contributed by atoms with Crippen LogP contribution in [-0.2, 0) is 9.53 Å². The van der Waals surface area contributed by atoms with Gasteiger partial charge in [-0.1, -0.05) is 5.16 Å². The van der Waals surface area contributed by atoms with Crippen LogP contribution in [0.15, 0.2) is 5.16 Å². The Bertz CT molecular complexity index is 225. The zero-order valence-electron chi connectivity index (χ0n) is 8.53. The molecule has 4 heteroatoms. The molecule has 1 rings (SSSR count). The summed E-state index contributed by atoms with van der Waals surface area (Å²) in [5.41, 5.74) is 0.815. The first-order valence-electron chi connectivity index (χ1n) is 5.11. The zero-order valence-corrected chi connectivity index (χ0v) is 8.53. The summed E-state index contributed by atoms with van der Waals surface area (Å²) in [5.74, 6) is -0.109. The van der Waals surface area contributed by atoms with Crippen LogP contribution in [0.2, 0.25) is 0 Å². The van der Waals surface area contributed by atoms with Gasteiger partial charge in [0, 0.05) is 6.42 Å². The smallest absolute Gasteiger partial charge is 0.306 e. The van der Waals surface area contributed by atoms with Crippen molar-refractivity contribution in [3.8, 4) is 0 Å². The van der Waals surface area contributed by atoms with Gasteiger partial charge in [-0.15, -0.1) is 0 Å². The molecular formula is C10H17NO3. The van der Waals surface area contributed by atoms with E-state index in [1.54, 1.807) is 0 Å². The molecule has 1 unspecified atom stereocenters. The molecule has 4 nitrogen and oxygen atoms in total. The van der Waals surface area contributed by atoms with Crippen LogP contribution in [0.3, 0.4) is 0 Å². The molecule has 0 aromatic carbocycles. The Morgan fingerprint density at radius 2 is 2.07 bits per heavy atom. The van der Waals surface area contributed by atoms with Crippen molar-refractivity contribution in [2.75, 3.05) is 0 Å². The quantitative estimate of drug-likeness (QED) is 0.369. The Hall–Kier alpha value is -1.06. The third-order valence-corrected chi connectivity index (χ3v) is 2.41. The molecule has 1 atom stereocenters. The Morgan fingerprint density at radius 1 is 1.36 bits per heavy atom. The van der Waals surface area contributed by atoms with Crippen molar-refractivity contribution in [2.45, 2.75) is 51.6 Å². The zero-order chi connectivity index (χ0) is 10.4. The molecule has 0 radical (unpaired) electrons. The Labute approximate surface area is 83.9 Å². The van der Waals surface area contributed by atoms with E-state index >= 15 is 0 Å². The Kier molecular flexibility index (Phi) is 4.43. The summed E-state index contributed by atoms with van der Waals surface area (Å²) in [6.45, 7) is 1.87. The van der Waals surface area contributed by atoms with Crippen LogP contribution < -0.4 is 0 Å². The lowest BCUT2D eigenvalue weighted by molar-refractivity contribution is -0.148. The van der Waals surface area contributed by atoms with Crippen LogP contribution >= 0.6 is 0 Å². The van der Waals surface area contributed by atoms with Gasteiger partial charge in [0.05, 0.1) is 11.8 Å². The highest BCUT2D eigenvalue weighted by molar-refractivity contribution is 5.84. The van der Waals surface area contributed by atoms with E-state index in [0.29, 0.717) is 12.8 Å². The maximum absolute atomic E-state index is 11.2. The standard InChI is InChI=1S/C10H17NO3/c1-8-6-7-9(11-13)4-2-3-5-10(12)14-8/h8,13H,2-7H2,1H3/b11-9+. The van der Waals surface area contributed by atoms with Crippen LogP contribution in [0.1, 0.15) is 45.4 Å². The highest BCUT2D eigenvalue weighted by Crippen LogP contribution is 2.13. The van der Waals surface area contributed by atoms with E-state index in [-0.39, 0.29) is 12.1 Å². The van der Waals surface area contributed by atoms with Crippen molar-refractivity contribution in [3.05, 3.63) is 0 Å². The van der Waals surface area contributed by atoms with Crippen LogP contribution in [-0.4, -0.2) is 23.0 Å². The molecule has 0 aromatic heterocycles. The van der Waals surface area contributed by atoms with Crippen LogP contribution in [0.25, 0.3) is 0 Å². The van der Waals surface area contributed by atoms with Gasteiger partial charge < -0.3 is 9.94 Å². The second kappa shape index (κ2) is 5.62. The predicted octanol–water partition coefficient (Wildman–Crippen LogP) is 2.10. The molecule has 0 aromatic rings. The molecule has 0 spiro atoms. The molecule has 0 amide bonds. The SMILES string of the molecule is CC1CC/C(=N/O)CCCCC(=O)O1. The minimum atomic E-state index is -0.109. The number of rotatable bonds is 0. The van der Waals surface area contributed by atoms with Crippen LogP contribution in [0.5, 0.6) is 0 Å². The summed E-state index contributed by atoms with van der Waals surface area (Å²) in [6.07, 6.45) is 4.35. The number of carbonyl (C=O) groups excluding carboxylic acids is 1. The Balaban J connectivity index is 2.48. The summed E-state index contributed by atoms with van der Waals surface area (Å²) in [6, 6.07) is 0. The first-order valence-corrected chi connectivity index (χ1v) is 5.11. The molecule has 1 aliphatic heterocycles. The second-order valence-corrected chi connectivity index (χ2v) is 3.71. The molecule has 1 heterocycles. The van der Waals surface area contributed by atoms with Crippen molar-refractivity contribution in [3.63, 3.8) is 0 Å². The third-order valence-electron chi connectivity index (χ3n) is 2.41. The number of oxime groups is 1. The van der Waals surface area contributed by atoms with Crippen LogP contribution in [0.4, 0.5) is 0 Å². The fraction of sp³-hybridized carbons (Fsp3) is 0.800. The predicted molar refractivity (Wildman–Crippen MR) is 52.5 cm³/mol. The van der Waals surface area contributed by atoms with Gasteiger partial charge in [0.2, 0.25) is 0 Å². The molecule has 80 valence electrons. The van der Waals surface area contributed by atoms with Crippen molar-refractivity contribution >= 4 is 11.7 Å². The van der Waals surface area contributed by atoms with Gasteiger partial charge in [-0.05, 0) is 39.0 Å². The number of ether oxygens (including phenoxy) is 1. The van der Waals surface area contributed by atoms with Gasteiger partial charge in [-0.2, -0.15) is 0 Å². The Morgan fingerprint density at radius 3 is 2.79 bits per heavy atom. The van der Waals surface area contributed by atoms with Gasteiger partial charge in [0.15, 0.2) is 0 Å². The maximum Gasteiger partial charge on any atom is 0.306 e. The lowest BCUT2D eigenvalue weighted by Crippen LogP contribution is -2.17. The number of carbonyl (C=O) groups is 1. The van der Waals surface area contributed by atoms with Crippen molar-refractivity contribution < 1.29 is 14.7 Å². The van der Waals surface area contributed by atoms with E-state index in [1.807, 2.05) is 6.92 Å². The number of cyclic esters (lactones) is 1. The van der Waals surface area contributed by atoms with E-state index < -0.39 is 0 Å². The normalized spacial score (nSPS) is 28.5. The molecule has 1 saturated heterocycles. The first-order chi connectivity index (χ1) is 6.72. The number of nitrogens with zero attached hydrogens (tertiary/aromatic N) is 1. The highest BCUT2D eigenvalue weighted by atomic mass is 16.5. The largest absolute Gasteiger partial charge is 0.463 e. The first kappa shape index (κ1) is 11.0. The van der Waals surface area contributed by atoms with Crippen molar-refractivity contribution in [2.24, 2.45) is 5.16 Å². The molecule has 0 saturated carbocycles. The lowest BCUT2D eigenvalue weighted by Gasteiger charge is -2.15. The van der Waals surface area contributed by atoms with Gasteiger partial charge in [0.1, 0.15) is 0 Å². The van der Waals surface area contributed by atoms with Crippen molar-refractivity contribution in [1.29, 1.82) is 0 Å². The molecule has 1 N–H and O–H groups in total. The van der Waals surface area contributed by atoms with E-state index in [4.69, 9.17) is 9.94 Å². The summed E-state index contributed by atoms with van der Waals surface area (Å²) < 4.78 is 5.14. The molecular weight excluding hydrogens is 182 g/mol. The molecule has 14 heavy (non-hydrogen) atoms. The maximum atomic E-state index is 11.2. The monoisotopic (exact) mass is 199 g/mol. The summed E-state index contributed by atoms with van der Waals surface area (Å²) in [7, 11) is 0. The summed E-state index contributed by atoms with van der Waals surface area (Å²) >= 11 is 0. The molecule has 0 aliphatic carbocycles. The van der Waals surface area contributed by atoms with Crippen molar-refractivity contribution in [1.82, 2.24) is 0 Å². The number of hydrogen-bond acceptors (Lipinski definition) is 4. The summed E-state index contributed by atoms with van der Waals surface area (Å²) in [4.78, 5) is 11.2.